The van der Waals surface area contributed by atoms with E-state index in [1.807, 2.05) is 0 Å². The molecule has 1 fully saturated rings. The third-order valence-corrected chi connectivity index (χ3v) is 8.72. The van der Waals surface area contributed by atoms with E-state index in [9.17, 15) is 0 Å². The van der Waals surface area contributed by atoms with Crippen LogP contribution in [-0.4, -0.2) is 3.21 Å². The summed E-state index contributed by atoms with van der Waals surface area (Å²) < 4.78 is 1.80. The quantitative estimate of drug-likeness (QED) is 0.261. The van der Waals surface area contributed by atoms with Gasteiger partial charge in [0.25, 0.3) is 0 Å². The van der Waals surface area contributed by atoms with E-state index >= 15 is 0 Å². The van der Waals surface area contributed by atoms with Gasteiger partial charge in [0.05, 0.1) is 0 Å². The van der Waals surface area contributed by atoms with Gasteiger partial charge in [-0.25, -0.2) is 6.07 Å². The zero-order chi connectivity index (χ0) is 26.7. The molecule has 0 nitrogen and oxygen atoms in total. The molecule has 0 amide bonds. The molecule has 0 spiro atoms. The van der Waals surface area contributed by atoms with Crippen molar-refractivity contribution in [3.8, 4) is 11.1 Å². The van der Waals surface area contributed by atoms with E-state index < -0.39 is 0 Å². The molecule has 0 atom stereocenters. The molecule has 3 aromatic rings. The Labute approximate surface area is 260 Å². The number of rotatable bonds is 0. The fourth-order valence-corrected chi connectivity index (χ4v) is 5.78. The Bertz CT molecular complexity index is 1110. The first kappa shape index (κ1) is 35.2. The summed E-state index contributed by atoms with van der Waals surface area (Å²) in [4.78, 5) is 0. The van der Waals surface area contributed by atoms with E-state index in [1.54, 1.807) is 27.4 Å². The van der Waals surface area contributed by atoms with E-state index in [4.69, 9.17) is 0 Å². The van der Waals surface area contributed by atoms with Gasteiger partial charge in [0, 0.05) is 0 Å². The van der Waals surface area contributed by atoms with E-state index in [0.717, 1.165) is 6.42 Å². The van der Waals surface area contributed by atoms with Crippen LogP contribution in [0.4, 0.5) is 0 Å². The Kier molecular flexibility index (Phi) is 13.6. The molecule has 3 aromatic carbocycles. The molecule has 0 N–H and O–H groups in total. The van der Waals surface area contributed by atoms with E-state index in [2.05, 4.69) is 111 Å². The molecule has 38 heavy (non-hydrogen) atoms. The summed E-state index contributed by atoms with van der Waals surface area (Å²) in [6, 6.07) is 19.5. The van der Waals surface area contributed by atoms with Crippen LogP contribution in [0.15, 0.2) is 42.5 Å². The van der Waals surface area contributed by atoms with Crippen molar-refractivity contribution in [2.24, 2.45) is 0 Å². The van der Waals surface area contributed by atoms with Crippen molar-refractivity contribution < 1.29 is 49.0 Å². The number of halogens is 2. The first-order chi connectivity index (χ1) is 16.8. The van der Waals surface area contributed by atoms with Gasteiger partial charge in [-0.15, -0.1) is 5.56 Å². The number of hydrogen-bond acceptors (Lipinski definition) is 0. The van der Waals surface area contributed by atoms with Crippen LogP contribution in [0.2, 0.25) is 0 Å². The van der Waals surface area contributed by atoms with Crippen molar-refractivity contribution in [2.45, 2.75) is 112 Å². The maximum atomic E-state index is 3.53. The predicted octanol–water partition coefficient (Wildman–Crippen LogP) is 3.66. The van der Waals surface area contributed by atoms with Crippen molar-refractivity contribution in [3.63, 3.8) is 0 Å². The third kappa shape index (κ3) is 9.64. The molecule has 206 valence electrons. The molecule has 0 aromatic heterocycles. The van der Waals surface area contributed by atoms with Crippen molar-refractivity contribution in [1.29, 1.82) is 0 Å². The van der Waals surface area contributed by atoms with Crippen molar-refractivity contribution in [2.75, 3.05) is 0 Å². The van der Waals surface area contributed by atoms with Crippen LogP contribution in [0.1, 0.15) is 113 Å². The summed E-state index contributed by atoms with van der Waals surface area (Å²) in [6.07, 6.45) is 8.34. The van der Waals surface area contributed by atoms with Crippen LogP contribution < -0.4 is 24.8 Å². The summed E-state index contributed by atoms with van der Waals surface area (Å²) in [6.45, 7) is 20.1. The molecule has 0 radical (unpaired) electrons. The molecule has 2 aliphatic rings. The monoisotopic (exact) mass is 626 g/mol. The first-order valence-corrected chi connectivity index (χ1v) is 14.9. The van der Waals surface area contributed by atoms with E-state index in [1.165, 1.54) is 82.2 Å². The van der Waals surface area contributed by atoms with Crippen LogP contribution in [0.25, 0.3) is 11.1 Å². The second-order valence-electron chi connectivity index (χ2n) is 12.9. The average Bonchev–Trinajstić information content (AvgIpc) is 3.30. The number of hydrogen-bond donors (Lipinski definition) is 0. The van der Waals surface area contributed by atoms with Gasteiger partial charge in [-0.05, 0) is 17.4 Å². The molecule has 5 rings (SSSR count). The molecule has 3 heteroatoms. The standard InChI is InChI=1S/C21H25.C8H11.C6H10.2ClH.Zr/c1-20(2,3)16-9-7-14-11-15-8-10-17(21(4,5)6)13-19(15)18(14)12-16;1-6-4-7(2)8(3)5-6;1-2-4-6-5-3-1;;;/h7,9-10,12-13H,11H2,1-6H3;4-5H,1-3H3;1-5H2;2*1H;/q2*-1;;;;+2/p-2. The van der Waals surface area contributed by atoms with Crippen LogP contribution in [-0.2, 0) is 41.5 Å². The zero-order valence-corrected chi connectivity index (χ0v) is 29.0. The Morgan fingerprint density at radius 2 is 1.34 bits per heavy atom. The maximum absolute atomic E-state index is 3.53. The second-order valence-corrected chi connectivity index (χ2v) is 14.6. The number of fused-ring (bicyclic) bond motifs is 3. The van der Waals surface area contributed by atoms with Crippen molar-refractivity contribution in [3.05, 3.63) is 87.5 Å². The SMILES string of the molecule is CC(C)(C)c1c[c-]c2c(c1)-c1cc(C(C)(C)C)ccc1C2.Cc1cc(C)c(C)[cH-]1.[Cl-].[Cl-].[Zr+2]=[C]1CCCCC1. The fourth-order valence-electron chi connectivity index (χ4n) is 4.92. The summed E-state index contributed by atoms with van der Waals surface area (Å²) >= 11 is 1.69. The summed E-state index contributed by atoms with van der Waals surface area (Å²) in [7, 11) is 0. The molecular formula is C35H46Cl2Zr-2. The van der Waals surface area contributed by atoms with Gasteiger partial charge in [-0.2, -0.15) is 52.1 Å². The number of aryl methyl sites for hydroxylation is 3. The zero-order valence-electron chi connectivity index (χ0n) is 25.0. The van der Waals surface area contributed by atoms with Gasteiger partial charge in [0.2, 0.25) is 0 Å². The minimum atomic E-state index is 0. The average molecular weight is 629 g/mol. The Morgan fingerprint density at radius 1 is 0.763 bits per heavy atom. The third-order valence-electron chi connectivity index (χ3n) is 7.49. The first-order valence-electron chi connectivity index (χ1n) is 13.7. The molecule has 0 saturated heterocycles. The molecule has 2 aliphatic carbocycles. The molecular weight excluding hydrogens is 583 g/mol. The molecule has 1 saturated carbocycles. The van der Waals surface area contributed by atoms with Gasteiger partial charge in [-0.3, -0.25) is 0 Å². The van der Waals surface area contributed by atoms with Gasteiger partial charge < -0.3 is 24.8 Å². The summed E-state index contributed by atoms with van der Waals surface area (Å²) in [5.41, 5.74) is 12.9. The molecule has 0 heterocycles. The Hall–Kier alpha value is -0.877. The molecule has 0 unspecified atom stereocenters. The van der Waals surface area contributed by atoms with Crippen LogP contribution >= 0.6 is 0 Å². The van der Waals surface area contributed by atoms with Gasteiger partial charge >= 0.3 is 59.5 Å². The topological polar surface area (TPSA) is 0 Å². The van der Waals surface area contributed by atoms with E-state index in [0.29, 0.717) is 0 Å². The number of benzene rings is 2. The van der Waals surface area contributed by atoms with Crippen LogP contribution in [0.3, 0.4) is 0 Å². The molecule has 0 bridgehead atoms. The fraction of sp³-hybridized carbons (Fsp3) is 0.486. The Morgan fingerprint density at radius 3 is 1.76 bits per heavy atom. The van der Waals surface area contributed by atoms with E-state index in [-0.39, 0.29) is 35.6 Å². The van der Waals surface area contributed by atoms with Crippen LogP contribution in [0.5, 0.6) is 0 Å². The van der Waals surface area contributed by atoms with Crippen molar-refractivity contribution in [1.82, 2.24) is 0 Å². The normalized spacial score (nSPS) is 14.0. The summed E-state index contributed by atoms with van der Waals surface area (Å²) in [5.74, 6) is 0. The van der Waals surface area contributed by atoms with Gasteiger partial charge in [-0.1, -0.05) is 97.1 Å². The Balaban J connectivity index is 0.000000351. The molecule has 0 aliphatic heterocycles. The minimum absolute atomic E-state index is 0. The van der Waals surface area contributed by atoms with Gasteiger partial charge in [0.15, 0.2) is 0 Å². The van der Waals surface area contributed by atoms with Gasteiger partial charge in [0.1, 0.15) is 0 Å². The predicted molar refractivity (Wildman–Crippen MR) is 155 cm³/mol. The van der Waals surface area contributed by atoms with Crippen LogP contribution in [0, 0.1) is 26.8 Å². The summed E-state index contributed by atoms with van der Waals surface area (Å²) in [5, 5.41) is 0. The second kappa shape index (κ2) is 14.7. The van der Waals surface area contributed by atoms with Crippen molar-refractivity contribution >= 4 is 3.21 Å².